The fourth-order valence-corrected chi connectivity index (χ4v) is 3.35. The molecule has 0 saturated carbocycles. The number of Topliss-reactive ketones (excluding diaryl/α,β-unsaturated/α-hetero) is 2. The molecule has 1 aliphatic carbocycles. The number of nitrogens with one attached hydrogen (secondary N) is 1. The van der Waals surface area contributed by atoms with E-state index in [1.54, 1.807) is 44.7 Å². The second kappa shape index (κ2) is 8.71. The van der Waals surface area contributed by atoms with Crippen molar-refractivity contribution in [2.24, 2.45) is 0 Å². The van der Waals surface area contributed by atoms with Crippen molar-refractivity contribution in [2.45, 2.75) is 33.3 Å². The summed E-state index contributed by atoms with van der Waals surface area (Å²) in [5.74, 6) is -1.35. The van der Waals surface area contributed by atoms with E-state index in [9.17, 15) is 19.2 Å². The number of aromatic nitrogens is 1. The molecule has 164 valence electrons. The molecule has 2 heterocycles. The molecule has 2 aliphatic rings. The second-order valence-corrected chi connectivity index (χ2v) is 8.06. The van der Waals surface area contributed by atoms with Crippen LogP contribution in [0.4, 0.5) is 4.79 Å². The monoisotopic (exact) mass is 427 g/mol. The van der Waals surface area contributed by atoms with E-state index in [0.29, 0.717) is 0 Å². The van der Waals surface area contributed by atoms with Crippen LogP contribution in [0.1, 0.15) is 48.5 Å². The van der Waals surface area contributed by atoms with E-state index in [1.807, 2.05) is 0 Å². The number of carbonyl (C=O) groups is 4. The molecule has 0 atom stereocenters. The first kappa shape index (κ1) is 22.2. The number of pyridine rings is 1. The molecule has 9 heteroatoms. The van der Waals surface area contributed by atoms with Crippen LogP contribution >= 0.6 is 0 Å². The van der Waals surface area contributed by atoms with Gasteiger partial charge < -0.3 is 19.7 Å². The van der Waals surface area contributed by atoms with E-state index in [4.69, 9.17) is 9.47 Å². The summed E-state index contributed by atoms with van der Waals surface area (Å²) in [6, 6.07) is 3.14. The van der Waals surface area contributed by atoms with Crippen molar-refractivity contribution in [1.82, 2.24) is 15.2 Å². The Kier molecular flexibility index (Phi) is 6.24. The molecule has 3 rings (SSSR count). The third-order valence-corrected chi connectivity index (χ3v) is 4.57. The summed E-state index contributed by atoms with van der Waals surface area (Å²) in [4.78, 5) is 56.1. The molecule has 31 heavy (non-hydrogen) atoms. The molecule has 0 fully saturated rings. The van der Waals surface area contributed by atoms with Crippen LogP contribution in [0.2, 0.25) is 0 Å². The first-order valence-electron chi connectivity index (χ1n) is 10.0. The molecular formula is C22H25N3O6. The Morgan fingerprint density at radius 2 is 1.97 bits per heavy atom. The van der Waals surface area contributed by atoms with Crippen molar-refractivity contribution >= 4 is 23.6 Å². The van der Waals surface area contributed by atoms with Gasteiger partial charge in [0.25, 0.3) is 0 Å². The number of hydrogen-bond donors (Lipinski definition) is 1. The van der Waals surface area contributed by atoms with E-state index in [2.05, 4.69) is 10.3 Å². The fourth-order valence-electron chi connectivity index (χ4n) is 3.35. The van der Waals surface area contributed by atoms with Crippen LogP contribution in [0.25, 0.3) is 0 Å². The highest BCUT2D eigenvalue weighted by molar-refractivity contribution is 6.27. The minimum Gasteiger partial charge on any atom is -0.463 e. The van der Waals surface area contributed by atoms with Crippen LogP contribution in [0, 0.1) is 0 Å². The Hall–Kier alpha value is -3.49. The zero-order valence-electron chi connectivity index (χ0n) is 18.0. The zero-order chi connectivity index (χ0) is 22.8. The summed E-state index contributed by atoms with van der Waals surface area (Å²) in [7, 11) is 0. The van der Waals surface area contributed by atoms with Crippen molar-refractivity contribution in [2.75, 3.05) is 26.2 Å². The number of nitrogens with zero attached hydrogens (tertiary/aromatic N) is 2. The molecule has 1 N–H and O–H groups in total. The predicted octanol–water partition coefficient (Wildman–Crippen LogP) is 2.04. The number of carbonyl (C=O) groups excluding carboxylic acids is 4. The van der Waals surface area contributed by atoms with E-state index in [1.165, 1.54) is 12.3 Å². The van der Waals surface area contributed by atoms with Crippen molar-refractivity contribution in [3.8, 4) is 0 Å². The Morgan fingerprint density at radius 1 is 1.23 bits per heavy atom. The summed E-state index contributed by atoms with van der Waals surface area (Å²) < 4.78 is 10.3. The number of esters is 1. The maximum Gasteiger partial charge on any atom is 0.407 e. The maximum atomic E-state index is 13.1. The van der Waals surface area contributed by atoms with Gasteiger partial charge in [-0.05, 0) is 45.9 Å². The minimum absolute atomic E-state index is 0.0550. The van der Waals surface area contributed by atoms with Gasteiger partial charge in [0.1, 0.15) is 11.3 Å². The van der Waals surface area contributed by atoms with Crippen LogP contribution in [-0.2, 0) is 14.3 Å². The van der Waals surface area contributed by atoms with Crippen LogP contribution in [0.5, 0.6) is 0 Å². The van der Waals surface area contributed by atoms with Gasteiger partial charge in [0.15, 0.2) is 0 Å². The SMILES string of the molecule is CCOC(=O)C1=CC2=C(C(=O)c3cccnc3C2=O)N(CCNC(=O)OC(C)(C)C)C1. The van der Waals surface area contributed by atoms with Gasteiger partial charge in [0, 0.05) is 19.3 Å². The highest BCUT2D eigenvalue weighted by Crippen LogP contribution is 2.32. The highest BCUT2D eigenvalue weighted by Gasteiger charge is 2.38. The normalized spacial score (nSPS) is 15.7. The largest absolute Gasteiger partial charge is 0.463 e. The van der Waals surface area contributed by atoms with Gasteiger partial charge in [0.05, 0.1) is 35.6 Å². The predicted molar refractivity (Wildman–Crippen MR) is 110 cm³/mol. The summed E-state index contributed by atoms with van der Waals surface area (Å²) in [6.07, 6.45) is 2.25. The molecule has 1 amide bonds. The van der Waals surface area contributed by atoms with Crippen LogP contribution in [-0.4, -0.2) is 65.4 Å². The Labute approximate surface area is 180 Å². The molecule has 0 aromatic carbocycles. The lowest BCUT2D eigenvalue weighted by Crippen LogP contribution is -2.43. The average molecular weight is 427 g/mol. The van der Waals surface area contributed by atoms with Gasteiger partial charge in [-0.15, -0.1) is 0 Å². The van der Waals surface area contributed by atoms with Crippen molar-refractivity contribution < 1.29 is 28.7 Å². The smallest absolute Gasteiger partial charge is 0.407 e. The number of rotatable bonds is 5. The molecule has 0 saturated heterocycles. The standard InChI is InChI=1S/C22H25N3O6/c1-5-30-20(28)13-11-15-17(19(27)14-7-6-8-23-16(14)18(15)26)25(12-13)10-9-24-21(29)31-22(2,3)4/h6-8,11H,5,9-10,12H2,1-4H3,(H,24,29). The molecule has 1 aromatic rings. The Morgan fingerprint density at radius 3 is 2.65 bits per heavy atom. The number of hydrogen-bond acceptors (Lipinski definition) is 8. The third kappa shape index (κ3) is 4.82. The lowest BCUT2D eigenvalue weighted by Gasteiger charge is -2.34. The molecule has 0 unspecified atom stereocenters. The number of amides is 1. The van der Waals surface area contributed by atoms with E-state index >= 15 is 0 Å². The first-order chi connectivity index (χ1) is 14.6. The van der Waals surface area contributed by atoms with Crippen LogP contribution in [0.3, 0.4) is 0 Å². The third-order valence-electron chi connectivity index (χ3n) is 4.57. The van der Waals surface area contributed by atoms with Crippen LogP contribution in [0.15, 0.2) is 41.2 Å². The number of ketones is 2. The van der Waals surface area contributed by atoms with Crippen LogP contribution < -0.4 is 5.32 Å². The van der Waals surface area contributed by atoms with E-state index in [0.717, 1.165) is 0 Å². The molecule has 0 bridgehead atoms. The van der Waals surface area contributed by atoms with E-state index in [-0.39, 0.29) is 60.1 Å². The minimum atomic E-state index is -0.646. The van der Waals surface area contributed by atoms with Gasteiger partial charge in [-0.3, -0.25) is 14.6 Å². The number of alkyl carbamates (subject to hydrolysis) is 1. The quantitative estimate of drug-likeness (QED) is 0.710. The van der Waals surface area contributed by atoms with Gasteiger partial charge in [-0.25, -0.2) is 9.59 Å². The molecule has 0 radical (unpaired) electrons. The number of allylic oxidation sites excluding steroid dienone is 3. The van der Waals surface area contributed by atoms with Gasteiger partial charge >= 0.3 is 12.1 Å². The number of ether oxygens (including phenoxy) is 2. The van der Waals surface area contributed by atoms with E-state index < -0.39 is 23.4 Å². The summed E-state index contributed by atoms with van der Waals surface area (Å²) in [5, 5.41) is 2.63. The zero-order valence-corrected chi connectivity index (χ0v) is 18.0. The summed E-state index contributed by atoms with van der Waals surface area (Å²) in [5.41, 5.74) is 0.155. The number of fused-ring (bicyclic) bond motifs is 1. The lowest BCUT2D eigenvalue weighted by molar-refractivity contribution is -0.138. The lowest BCUT2D eigenvalue weighted by atomic mass is 9.86. The summed E-state index contributed by atoms with van der Waals surface area (Å²) >= 11 is 0. The Balaban J connectivity index is 1.88. The van der Waals surface area contributed by atoms with Crippen molar-refractivity contribution in [3.63, 3.8) is 0 Å². The molecule has 9 nitrogen and oxygen atoms in total. The molecule has 1 aliphatic heterocycles. The van der Waals surface area contributed by atoms with Gasteiger partial charge in [-0.1, -0.05) is 0 Å². The molecular weight excluding hydrogens is 402 g/mol. The fraction of sp³-hybridized carbons (Fsp3) is 0.409. The highest BCUT2D eigenvalue weighted by atomic mass is 16.6. The first-order valence-corrected chi connectivity index (χ1v) is 10.0. The molecule has 0 spiro atoms. The topological polar surface area (TPSA) is 115 Å². The van der Waals surface area contributed by atoms with Gasteiger partial charge in [0.2, 0.25) is 11.6 Å². The average Bonchev–Trinajstić information content (AvgIpc) is 2.70. The second-order valence-electron chi connectivity index (χ2n) is 8.06. The Bertz CT molecular complexity index is 1000. The van der Waals surface area contributed by atoms with Gasteiger partial charge in [-0.2, -0.15) is 0 Å². The maximum absolute atomic E-state index is 13.1. The molecule has 1 aromatic heterocycles. The van der Waals surface area contributed by atoms with Crippen molar-refractivity contribution in [1.29, 1.82) is 0 Å². The summed E-state index contributed by atoms with van der Waals surface area (Å²) in [6.45, 7) is 7.52. The van der Waals surface area contributed by atoms with Crippen molar-refractivity contribution in [3.05, 3.63) is 52.5 Å².